The Bertz CT molecular complexity index is 1000. The van der Waals surface area contributed by atoms with E-state index in [2.05, 4.69) is 9.88 Å². The molecule has 0 spiro atoms. The Kier molecular flexibility index (Phi) is 5.45. The van der Waals surface area contributed by atoms with Crippen LogP contribution in [0.2, 0.25) is 0 Å². The average Bonchev–Trinajstić information content (AvgIpc) is 3.53. The molecule has 0 radical (unpaired) electrons. The maximum Gasteiger partial charge on any atom is 0.263 e. The van der Waals surface area contributed by atoms with Gasteiger partial charge in [-0.2, -0.15) is 0 Å². The van der Waals surface area contributed by atoms with Crippen LogP contribution in [0.5, 0.6) is 0 Å². The van der Waals surface area contributed by atoms with Crippen LogP contribution in [0.1, 0.15) is 47.0 Å². The second-order valence-electron chi connectivity index (χ2n) is 7.97. The predicted octanol–water partition coefficient (Wildman–Crippen LogP) is 4.22. The first kappa shape index (κ1) is 19.2. The van der Waals surface area contributed by atoms with Crippen LogP contribution >= 0.6 is 11.3 Å². The molecule has 1 atom stereocenters. The summed E-state index contributed by atoms with van der Waals surface area (Å²) in [6.45, 7) is 3.54. The number of nitrogens with zero attached hydrogens (tertiary/aromatic N) is 5. The molecule has 5 heterocycles. The van der Waals surface area contributed by atoms with E-state index in [-0.39, 0.29) is 11.8 Å². The van der Waals surface area contributed by atoms with E-state index in [1.54, 1.807) is 12.4 Å². The predicted molar refractivity (Wildman–Crippen MR) is 119 cm³/mol. The van der Waals surface area contributed by atoms with E-state index in [1.165, 1.54) is 24.2 Å². The van der Waals surface area contributed by atoms with E-state index in [4.69, 9.17) is 9.97 Å². The first-order valence-corrected chi connectivity index (χ1v) is 11.5. The zero-order valence-corrected chi connectivity index (χ0v) is 17.7. The Morgan fingerprint density at radius 3 is 2.67 bits per heavy atom. The zero-order chi connectivity index (χ0) is 20.3. The molecule has 1 amide bonds. The summed E-state index contributed by atoms with van der Waals surface area (Å²) in [5.74, 6) is 1.16. The topological polar surface area (TPSA) is 62.2 Å². The molecule has 2 aliphatic rings. The van der Waals surface area contributed by atoms with Gasteiger partial charge in [-0.05, 0) is 54.8 Å². The fourth-order valence-corrected chi connectivity index (χ4v) is 5.15. The molecule has 5 rings (SSSR count). The summed E-state index contributed by atoms with van der Waals surface area (Å²) in [6.07, 6.45) is 9.98. The van der Waals surface area contributed by atoms with Crippen molar-refractivity contribution < 1.29 is 4.79 Å². The molecule has 0 bridgehead atoms. The standard InChI is InChI=1S/C23H25N5OS/c29-22(20-6-4-14-30-20)28-13-3-5-18(16-28)21-19(17-7-9-24-10-8-17)15-25-23(26-21)27-11-1-2-12-27/h4,6-10,14-15,18H,1-3,5,11-13,16H2. The Hall–Kier alpha value is -2.80. The number of carbonyl (C=O) groups excluding carboxylic acids is 1. The van der Waals surface area contributed by atoms with Crippen LogP contribution in [-0.4, -0.2) is 51.9 Å². The van der Waals surface area contributed by atoms with Crippen molar-refractivity contribution in [3.63, 3.8) is 0 Å². The fraction of sp³-hybridized carbons (Fsp3) is 0.391. The van der Waals surface area contributed by atoms with Crippen molar-refractivity contribution in [2.45, 2.75) is 31.6 Å². The number of carbonyl (C=O) groups is 1. The summed E-state index contributed by atoms with van der Waals surface area (Å²) in [4.78, 5) is 32.0. The lowest BCUT2D eigenvalue weighted by molar-refractivity contribution is 0.0711. The van der Waals surface area contributed by atoms with Gasteiger partial charge in [0.05, 0.1) is 10.6 Å². The van der Waals surface area contributed by atoms with Gasteiger partial charge in [0.1, 0.15) is 0 Å². The van der Waals surface area contributed by atoms with Gasteiger partial charge in [0, 0.05) is 56.3 Å². The number of likely N-dealkylation sites (tertiary alicyclic amines) is 1. The van der Waals surface area contributed by atoms with E-state index >= 15 is 0 Å². The van der Waals surface area contributed by atoms with Crippen LogP contribution in [0.15, 0.2) is 48.2 Å². The van der Waals surface area contributed by atoms with E-state index < -0.39 is 0 Å². The highest BCUT2D eigenvalue weighted by atomic mass is 32.1. The van der Waals surface area contributed by atoms with Gasteiger partial charge in [0.2, 0.25) is 5.95 Å². The second-order valence-corrected chi connectivity index (χ2v) is 8.91. The van der Waals surface area contributed by atoms with Crippen LogP contribution < -0.4 is 4.90 Å². The molecule has 154 valence electrons. The largest absolute Gasteiger partial charge is 0.341 e. The maximum absolute atomic E-state index is 13.0. The molecule has 2 saturated heterocycles. The summed E-state index contributed by atoms with van der Waals surface area (Å²) in [5, 5.41) is 1.96. The number of hydrogen-bond donors (Lipinski definition) is 0. The van der Waals surface area contributed by atoms with E-state index in [0.29, 0.717) is 6.54 Å². The van der Waals surface area contributed by atoms with Gasteiger partial charge in [-0.3, -0.25) is 9.78 Å². The number of hydrogen-bond acceptors (Lipinski definition) is 6. The van der Waals surface area contributed by atoms with Crippen molar-refractivity contribution in [2.75, 3.05) is 31.1 Å². The van der Waals surface area contributed by atoms with Crippen LogP contribution in [0, 0.1) is 0 Å². The quantitative estimate of drug-likeness (QED) is 0.634. The number of pyridine rings is 1. The number of anilines is 1. The van der Waals surface area contributed by atoms with Crippen molar-refractivity contribution in [3.05, 3.63) is 58.8 Å². The molecule has 6 nitrogen and oxygen atoms in total. The molecule has 0 N–H and O–H groups in total. The van der Waals surface area contributed by atoms with Gasteiger partial charge in [-0.1, -0.05) is 6.07 Å². The Morgan fingerprint density at radius 1 is 1.07 bits per heavy atom. The molecule has 0 aromatic carbocycles. The minimum absolute atomic E-state index is 0.133. The number of amides is 1. The molecule has 0 aliphatic carbocycles. The van der Waals surface area contributed by atoms with Crippen molar-refractivity contribution in [1.29, 1.82) is 0 Å². The van der Waals surface area contributed by atoms with Crippen molar-refractivity contribution in [3.8, 4) is 11.1 Å². The summed E-state index contributed by atoms with van der Waals surface area (Å²) < 4.78 is 0. The first-order chi connectivity index (χ1) is 14.8. The lowest BCUT2D eigenvalue weighted by atomic mass is 9.90. The number of rotatable bonds is 4. The molecule has 1 unspecified atom stereocenters. The SMILES string of the molecule is O=C(c1cccs1)N1CCCC(c2nc(N3CCCC3)ncc2-c2ccncc2)C1. The minimum Gasteiger partial charge on any atom is -0.341 e. The molecule has 2 fully saturated rings. The second kappa shape index (κ2) is 8.52. The highest BCUT2D eigenvalue weighted by molar-refractivity contribution is 7.12. The summed E-state index contributed by atoms with van der Waals surface area (Å²) >= 11 is 1.51. The average molecular weight is 420 g/mol. The number of thiophene rings is 1. The number of piperidine rings is 1. The first-order valence-electron chi connectivity index (χ1n) is 10.6. The third-order valence-corrected chi connectivity index (χ3v) is 6.87. The van der Waals surface area contributed by atoms with Gasteiger partial charge < -0.3 is 9.80 Å². The Labute approximate surface area is 180 Å². The van der Waals surface area contributed by atoms with Crippen LogP contribution in [0.25, 0.3) is 11.1 Å². The zero-order valence-electron chi connectivity index (χ0n) is 16.9. The Morgan fingerprint density at radius 2 is 1.90 bits per heavy atom. The van der Waals surface area contributed by atoms with Crippen molar-refractivity contribution in [1.82, 2.24) is 19.9 Å². The van der Waals surface area contributed by atoms with E-state index in [0.717, 1.165) is 60.1 Å². The molecule has 30 heavy (non-hydrogen) atoms. The summed E-state index contributed by atoms with van der Waals surface area (Å²) in [5.41, 5.74) is 3.19. The van der Waals surface area contributed by atoms with Crippen molar-refractivity contribution >= 4 is 23.2 Å². The monoisotopic (exact) mass is 419 g/mol. The normalized spacial score (nSPS) is 19.3. The van der Waals surface area contributed by atoms with Gasteiger partial charge in [-0.25, -0.2) is 9.97 Å². The third kappa shape index (κ3) is 3.81. The minimum atomic E-state index is 0.133. The van der Waals surface area contributed by atoms with Gasteiger partial charge in [0.15, 0.2) is 0 Å². The highest BCUT2D eigenvalue weighted by Crippen LogP contribution is 2.34. The van der Waals surface area contributed by atoms with Crippen LogP contribution in [0.4, 0.5) is 5.95 Å². The van der Waals surface area contributed by atoms with Gasteiger partial charge in [0.25, 0.3) is 5.91 Å². The van der Waals surface area contributed by atoms with Crippen LogP contribution in [-0.2, 0) is 0 Å². The lowest BCUT2D eigenvalue weighted by Crippen LogP contribution is -2.39. The molecular weight excluding hydrogens is 394 g/mol. The van der Waals surface area contributed by atoms with Gasteiger partial charge in [-0.15, -0.1) is 11.3 Å². The molecule has 2 aliphatic heterocycles. The molecule has 3 aromatic rings. The van der Waals surface area contributed by atoms with Crippen molar-refractivity contribution in [2.24, 2.45) is 0 Å². The highest BCUT2D eigenvalue weighted by Gasteiger charge is 2.29. The summed E-state index contributed by atoms with van der Waals surface area (Å²) in [6, 6.07) is 7.87. The van der Waals surface area contributed by atoms with E-state index in [1.807, 2.05) is 40.7 Å². The van der Waals surface area contributed by atoms with Gasteiger partial charge >= 0.3 is 0 Å². The fourth-order valence-electron chi connectivity index (χ4n) is 4.46. The molecule has 0 saturated carbocycles. The van der Waals surface area contributed by atoms with Crippen LogP contribution in [0.3, 0.4) is 0 Å². The molecule has 7 heteroatoms. The molecular formula is C23H25N5OS. The van der Waals surface area contributed by atoms with E-state index in [9.17, 15) is 4.79 Å². The Balaban J connectivity index is 1.49. The summed E-state index contributed by atoms with van der Waals surface area (Å²) in [7, 11) is 0. The maximum atomic E-state index is 13.0. The third-order valence-electron chi connectivity index (χ3n) is 6.01. The smallest absolute Gasteiger partial charge is 0.263 e. The molecule has 3 aromatic heterocycles. The number of aromatic nitrogens is 3. The lowest BCUT2D eigenvalue weighted by Gasteiger charge is -2.33.